The summed E-state index contributed by atoms with van der Waals surface area (Å²) in [5.41, 5.74) is 0. The number of anilines is 1. The number of rotatable bonds is 5. The number of nitrogens with one attached hydrogen (secondary N) is 1. The first-order valence-electron chi connectivity index (χ1n) is 6.53. The predicted octanol–water partition coefficient (Wildman–Crippen LogP) is 2.79. The number of likely N-dealkylation sites (N-methyl/N-ethyl adjacent to an activating group) is 1. The average molecular weight is 273 g/mol. The fourth-order valence-electron chi connectivity index (χ4n) is 2.45. The van der Waals surface area contributed by atoms with E-state index < -0.39 is 17.6 Å². The fraction of sp³-hybridized carbons (Fsp3) is 0.615. The van der Waals surface area contributed by atoms with Crippen molar-refractivity contribution in [3.63, 3.8) is 0 Å². The zero-order valence-corrected chi connectivity index (χ0v) is 10.9. The van der Waals surface area contributed by atoms with E-state index in [1.807, 2.05) is 7.05 Å². The van der Waals surface area contributed by atoms with Gasteiger partial charge in [0.2, 0.25) is 0 Å². The summed E-state index contributed by atoms with van der Waals surface area (Å²) in [7, 11) is 2.02. The Morgan fingerprint density at radius 1 is 1.26 bits per heavy atom. The minimum Gasteiger partial charge on any atom is -0.366 e. The summed E-state index contributed by atoms with van der Waals surface area (Å²) in [6.07, 6.45) is 4.88. The highest BCUT2D eigenvalue weighted by molar-refractivity contribution is 5.36. The van der Waals surface area contributed by atoms with Crippen molar-refractivity contribution < 1.29 is 13.2 Å². The third kappa shape index (κ3) is 3.59. The average Bonchev–Trinajstić information content (AvgIpc) is 2.89. The molecule has 0 atom stereocenters. The van der Waals surface area contributed by atoms with Crippen molar-refractivity contribution in [2.75, 3.05) is 25.5 Å². The van der Waals surface area contributed by atoms with E-state index in [-0.39, 0.29) is 5.82 Å². The molecule has 0 amide bonds. The third-order valence-corrected chi connectivity index (χ3v) is 3.59. The smallest absolute Gasteiger partial charge is 0.251 e. The molecule has 3 nitrogen and oxygen atoms in total. The molecule has 1 heterocycles. The molecule has 1 aliphatic rings. The van der Waals surface area contributed by atoms with Crippen LogP contribution in [0.1, 0.15) is 25.7 Å². The zero-order chi connectivity index (χ0) is 13.8. The lowest BCUT2D eigenvalue weighted by molar-refractivity contribution is 0.254. The van der Waals surface area contributed by atoms with Crippen LogP contribution in [0.4, 0.5) is 19.0 Å². The van der Waals surface area contributed by atoms with Crippen molar-refractivity contribution in [1.29, 1.82) is 0 Å². The second-order valence-electron chi connectivity index (χ2n) is 4.94. The summed E-state index contributed by atoms with van der Waals surface area (Å²) in [5, 5.41) is 2.70. The van der Waals surface area contributed by atoms with E-state index in [0.717, 1.165) is 0 Å². The maximum absolute atomic E-state index is 13.3. The Labute approximate surface area is 110 Å². The van der Waals surface area contributed by atoms with Crippen molar-refractivity contribution in [2.24, 2.45) is 0 Å². The summed E-state index contributed by atoms with van der Waals surface area (Å²) >= 11 is 0. The highest BCUT2D eigenvalue weighted by Crippen LogP contribution is 2.22. The summed E-state index contributed by atoms with van der Waals surface area (Å²) in [6.45, 7) is 1.16. The van der Waals surface area contributed by atoms with Gasteiger partial charge in [-0.05, 0) is 19.9 Å². The first kappa shape index (κ1) is 14.1. The fourth-order valence-corrected chi connectivity index (χ4v) is 2.45. The maximum Gasteiger partial charge on any atom is 0.251 e. The first-order chi connectivity index (χ1) is 9.08. The Kier molecular flexibility index (Phi) is 4.63. The van der Waals surface area contributed by atoms with E-state index in [2.05, 4.69) is 15.2 Å². The minimum atomic E-state index is -1.28. The van der Waals surface area contributed by atoms with Crippen molar-refractivity contribution in [2.45, 2.75) is 31.7 Å². The van der Waals surface area contributed by atoms with Crippen molar-refractivity contribution >= 4 is 5.82 Å². The van der Waals surface area contributed by atoms with Gasteiger partial charge in [0.15, 0.2) is 17.5 Å². The molecule has 6 heteroatoms. The molecule has 0 bridgehead atoms. The molecule has 2 rings (SSSR count). The SMILES string of the molecule is CN(CCNc1nc(F)c(F)cc1F)C1CCCC1. The predicted molar refractivity (Wildman–Crippen MR) is 67.5 cm³/mol. The summed E-state index contributed by atoms with van der Waals surface area (Å²) in [5.74, 6) is -3.67. The molecule has 0 radical (unpaired) electrons. The van der Waals surface area contributed by atoms with Gasteiger partial charge in [-0.25, -0.2) is 8.78 Å². The lowest BCUT2D eigenvalue weighted by atomic mass is 10.2. The molecule has 1 N–H and O–H groups in total. The van der Waals surface area contributed by atoms with E-state index in [1.165, 1.54) is 25.7 Å². The van der Waals surface area contributed by atoms with Crippen LogP contribution in [0.15, 0.2) is 6.07 Å². The summed E-state index contributed by atoms with van der Waals surface area (Å²) in [4.78, 5) is 5.43. The van der Waals surface area contributed by atoms with Gasteiger partial charge in [0.25, 0.3) is 5.95 Å². The van der Waals surface area contributed by atoms with E-state index in [1.54, 1.807) is 0 Å². The molecule has 1 fully saturated rings. The van der Waals surface area contributed by atoms with Gasteiger partial charge >= 0.3 is 0 Å². The first-order valence-corrected chi connectivity index (χ1v) is 6.53. The largest absolute Gasteiger partial charge is 0.366 e. The van der Waals surface area contributed by atoms with Crippen LogP contribution in [-0.4, -0.2) is 36.1 Å². The van der Waals surface area contributed by atoms with Gasteiger partial charge in [0, 0.05) is 25.2 Å². The monoisotopic (exact) mass is 273 g/mol. The second-order valence-corrected chi connectivity index (χ2v) is 4.94. The summed E-state index contributed by atoms with van der Waals surface area (Å²) < 4.78 is 38.9. The number of nitrogens with zero attached hydrogens (tertiary/aromatic N) is 2. The highest BCUT2D eigenvalue weighted by Gasteiger charge is 2.19. The number of halogens is 3. The standard InChI is InChI=1S/C13H18F3N3/c1-19(9-4-2-3-5-9)7-6-17-13-11(15)8-10(14)12(16)18-13/h8-9H,2-7H2,1H3,(H,17,18). The Morgan fingerprint density at radius 3 is 2.63 bits per heavy atom. The van der Waals surface area contributed by atoms with E-state index in [4.69, 9.17) is 0 Å². The van der Waals surface area contributed by atoms with Crippen LogP contribution in [0.3, 0.4) is 0 Å². The Morgan fingerprint density at radius 2 is 1.95 bits per heavy atom. The quantitative estimate of drug-likeness (QED) is 0.836. The van der Waals surface area contributed by atoms with Crippen LogP contribution >= 0.6 is 0 Å². The molecule has 1 saturated carbocycles. The van der Waals surface area contributed by atoms with Crippen LogP contribution in [0.25, 0.3) is 0 Å². The lowest BCUT2D eigenvalue weighted by Crippen LogP contribution is -2.33. The molecule has 1 aromatic heterocycles. The van der Waals surface area contributed by atoms with Crippen LogP contribution in [0.5, 0.6) is 0 Å². The number of pyridine rings is 1. The van der Waals surface area contributed by atoms with E-state index in [0.29, 0.717) is 25.2 Å². The molecule has 0 aromatic carbocycles. The Balaban J connectivity index is 1.83. The summed E-state index contributed by atoms with van der Waals surface area (Å²) in [6, 6.07) is 1.08. The zero-order valence-electron chi connectivity index (χ0n) is 10.9. The minimum absolute atomic E-state index is 0.237. The van der Waals surface area contributed by atoms with Gasteiger partial charge in [0.1, 0.15) is 0 Å². The van der Waals surface area contributed by atoms with Crippen LogP contribution in [0.2, 0.25) is 0 Å². The molecular weight excluding hydrogens is 255 g/mol. The molecule has 106 valence electrons. The van der Waals surface area contributed by atoms with Gasteiger partial charge in [0.05, 0.1) is 0 Å². The number of hydrogen-bond donors (Lipinski definition) is 1. The molecular formula is C13H18F3N3. The highest BCUT2D eigenvalue weighted by atomic mass is 19.2. The van der Waals surface area contributed by atoms with Gasteiger partial charge in [-0.15, -0.1) is 0 Å². The van der Waals surface area contributed by atoms with Crippen LogP contribution in [-0.2, 0) is 0 Å². The number of aromatic nitrogens is 1. The second kappa shape index (κ2) is 6.23. The van der Waals surface area contributed by atoms with Gasteiger partial charge in [-0.1, -0.05) is 12.8 Å². The normalized spacial score (nSPS) is 16.3. The molecule has 1 aromatic rings. The Bertz CT molecular complexity index is 433. The molecule has 0 spiro atoms. The third-order valence-electron chi connectivity index (χ3n) is 3.59. The molecule has 1 aliphatic carbocycles. The van der Waals surface area contributed by atoms with E-state index in [9.17, 15) is 13.2 Å². The Hall–Kier alpha value is -1.30. The maximum atomic E-state index is 13.3. The van der Waals surface area contributed by atoms with Gasteiger partial charge in [-0.3, -0.25) is 0 Å². The molecule has 19 heavy (non-hydrogen) atoms. The molecule has 0 saturated heterocycles. The number of hydrogen-bond acceptors (Lipinski definition) is 3. The van der Waals surface area contributed by atoms with Crippen LogP contribution < -0.4 is 5.32 Å². The van der Waals surface area contributed by atoms with Gasteiger partial charge in [-0.2, -0.15) is 9.37 Å². The van der Waals surface area contributed by atoms with E-state index >= 15 is 0 Å². The van der Waals surface area contributed by atoms with Crippen LogP contribution in [0, 0.1) is 17.6 Å². The van der Waals surface area contributed by atoms with Crippen molar-refractivity contribution in [3.8, 4) is 0 Å². The lowest BCUT2D eigenvalue weighted by Gasteiger charge is -2.24. The topological polar surface area (TPSA) is 28.2 Å². The molecule has 0 unspecified atom stereocenters. The van der Waals surface area contributed by atoms with Gasteiger partial charge < -0.3 is 10.2 Å². The van der Waals surface area contributed by atoms with Crippen molar-refractivity contribution in [3.05, 3.63) is 23.6 Å². The molecule has 0 aliphatic heterocycles. The van der Waals surface area contributed by atoms with Crippen molar-refractivity contribution in [1.82, 2.24) is 9.88 Å².